The molecule has 0 spiro atoms. The molecule has 5 heteroatoms. The highest BCUT2D eigenvalue weighted by molar-refractivity contribution is 7.19. The summed E-state index contributed by atoms with van der Waals surface area (Å²) in [5.41, 5.74) is 5.36. The first-order chi connectivity index (χ1) is 14.1. The lowest BCUT2D eigenvalue weighted by atomic mass is 10.0. The normalized spacial score (nSPS) is 11.0. The minimum atomic E-state index is -0.122. The number of benzene rings is 2. The predicted octanol–water partition coefficient (Wildman–Crippen LogP) is 6.99. The zero-order valence-electron chi connectivity index (χ0n) is 16.3. The van der Waals surface area contributed by atoms with Crippen molar-refractivity contribution >= 4 is 45.4 Å². The number of hydrogen-bond acceptors (Lipinski definition) is 3. The number of fused-ring (bicyclic) bond motifs is 1. The van der Waals surface area contributed by atoms with Gasteiger partial charge in [-0.05, 0) is 48.2 Å². The molecule has 0 bridgehead atoms. The first-order valence-electron chi connectivity index (χ1n) is 9.68. The van der Waals surface area contributed by atoms with E-state index >= 15 is 0 Å². The number of halogens is 1. The van der Waals surface area contributed by atoms with Crippen LogP contribution in [0.4, 0.5) is 5.69 Å². The highest BCUT2D eigenvalue weighted by Gasteiger charge is 2.17. The van der Waals surface area contributed by atoms with Crippen LogP contribution in [0.25, 0.3) is 21.5 Å². The molecule has 2 heterocycles. The average Bonchev–Trinajstić information content (AvgIpc) is 3.19. The molecule has 0 aliphatic heterocycles. The van der Waals surface area contributed by atoms with Gasteiger partial charge in [-0.25, -0.2) is 4.98 Å². The van der Waals surface area contributed by atoms with Crippen LogP contribution in [0.5, 0.6) is 0 Å². The first-order valence-corrected chi connectivity index (χ1v) is 10.9. The molecule has 0 saturated carbocycles. The summed E-state index contributed by atoms with van der Waals surface area (Å²) >= 11 is 7.57. The molecule has 0 saturated heterocycles. The topological polar surface area (TPSA) is 42.0 Å². The Morgan fingerprint density at radius 1 is 1.00 bits per heavy atom. The Bertz CT molecular complexity index is 1180. The van der Waals surface area contributed by atoms with Crippen molar-refractivity contribution in [3.05, 3.63) is 81.7 Å². The molecule has 4 aromatic rings. The summed E-state index contributed by atoms with van der Waals surface area (Å²) in [6.07, 6.45) is 1.72. The van der Waals surface area contributed by atoms with Gasteiger partial charge in [0.2, 0.25) is 0 Å². The Balaban J connectivity index is 1.82. The Labute approximate surface area is 179 Å². The Morgan fingerprint density at radius 3 is 2.38 bits per heavy atom. The lowest BCUT2D eigenvalue weighted by Gasteiger charge is -2.15. The van der Waals surface area contributed by atoms with Crippen LogP contribution >= 0.6 is 22.9 Å². The van der Waals surface area contributed by atoms with Crippen molar-refractivity contribution in [3.63, 3.8) is 0 Å². The standard InChI is InChI=1S/C24H21ClN2OS/c1-3-15-8-7-9-16(4-2)23(15)27-24(28)18-14-20(21-12-13-22(25)29-21)26-19-11-6-5-10-17(18)19/h5-14H,3-4H2,1-2H3,(H,27,28). The van der Waals surface area contributed by atoms with Crippen molar-refractivity contribution in [1.29, 1.82) is 0 Å². The van der Waals surface area contributed by atoms with Crippen LogP contribution in [0.1, 0.15) is 35.3 Å². The van der Waals surface area contributed by atoms with E-state index in [1.807, 2.05) is 48.5 Å². The smallest absolute Gasteiger partial charge is 0.256 e. The molecule has 0 aliphatic rings. The molecule has 3 nitrogen and oxygen atoms in total. The number of hydrogen-bond donors (Lipinski definition) is 1. The van der Waals surface area contributed by atoms with E-state index in [0.29, 0.717) is 9.90 Å². The molecule has 0 unspecified atom stereocenters. The summed E-state index contributed by atoms with van der Waals surface area (Å²) in [5, 5.41) is 4.02. The number of amides is 1. The molecular formula is C24H21ClN2OS. The molecular weight excluding hydrogens is 400 g/mol. The van der Waals surface area contributed by atoms with Crippen LogP contribution in [-0.2, 0) is 12.8 Å². The first kappa shape index (κ1) is 19.6. The van der Waals surface area contributed by atoms with Crippen molar-refractivity contribution in [2.45, 2.75) is 26.7 Å². The van der Waals surface area contributed by atoms with Crippen LogP contribution in [0.15, 0.2) is 60.7 Å². The van der Waals surface area contributed by atoms with E-state index in [4.69, 9.17) is 16.6 Å². The van der Waals surface area contributed by atoms with Crippen LogP contribution in [0.2, 0.25) is 4.34 Å². The van der Waals surface area contributed by atoms with Gasteiger partial charge in [0, 0.05) is 11.1 Å². The second-order valence-corrected chi connectivity index (χ2v) is 8.50. The number of nitrogens with zero attached hydrogens (tertiary/aromatic N) is 1. The Morgan fingerprint density at radius 2 is 1.72 bits per heavy atom. The van der Waals surface area contributed by atoms with Crippen LogP contribution in [0.3, 0.4) is 0 Å². The molecule has 0 fully saturated rings. The third-order valence-corrected chi connectivity index (χ3v) is 6.28. The van der Waals surface area contributed by atoms with Crippen LogP contribution < -0.4 is 5.32 Å². The van der Waals surface area contributed by atoms with E-state index in [1.54, 1.807) is 0 Å². The van der Waals surface area contributed by atoms with Crippen molar-refractivity contribution < 1.29 is 4.79 Å². The molecule has 1 N–H and O–H groups in total. The number of rotatable bonds is 5. The van der Waals surface area contributed by atoms with Crippen molar-refractivity contribution in [3.8, 4) is 10.6 Å². The van der Waals surface area contributed by atoms with Crippen molar-refractivity contribution in [1.82, 2.24) is 4.98 Å². The van der Waals surface area contributed by atoms with E-state index in [-0.39, 0.29) is 5.91 Å². The van der Waals surface area contributed by atoms with E-state index in [9.17, 15) is 4.79 Å². The molecule has 1 amide bonds. The molecule has 0 atom stereocenters. The van der Waals surface area contributed by atoms with E-state index in [1.165, 1.54) is 11.3 Å². The lowest BCUT2D eigenvalue weighted by molar-refractivity contribution is 0.102. The Kier molecular flexibility index (Phi) is 5.65. The maximum Gasteiger partial charge on any atom is 0.256 e. The fourth-order valence-corrected chi connectivity index (χ4v) is 4.53. The second kappa shape index (κ2) is 8.36. The number of thiophene rings is 1. The zero-order chi connectivity index (χ0) is 20.4. The number of carbonyl (C=O) groups excluding carboxylic acids is 1. The van der Waals surface area contributed by atoms with Crippen LogP contribution in [-0.4, -0.2) is 10.9 Å². The Hall–Kier alpha value is -2.69. The third-order valence-electron chi connectivity index (χ3n) is 5.02. The molecule has 146 valence electrons. The minimum Gasteiger partial charge on any atom is -0.321 e. The van der Waals surface area contributed by atoms with Gasteiger partial charge in [0.25, 0.3) is 5.91 Å². The number of aromatic nitrogens is 1. The van der Waals surface area contributed by atoms with E-state index in [2.05, 4.69) is 31.3 Å². The quantitative estimate of drug-likeness (QED) is 0.378. The van der Waals surface area contributed by atoms with Crippen LogP contribution in [0, 0.1) is 0 Å². The fraction of sp³-hybridized carbons (Fsp3) is 0.167. The zero-order valence-corrected chi connectivity index (χ0v) is 17.9. The summed E-state index contributed by atoms with van der Waals surface area (Å²) in [4.78, 5) is 19.1. The number of anilines is 1. The van der Waals surface area contributed by atoms with E-state index in [0.717, 1.165) is 51.1 Å². The van der Waals surface area contributed by atoms with Gasteiger partial charge in [-0.1, -0.05) is 61.8 Å². The second-order valence-electron chi connectivity index (χ2n) is 6.79. The molecule has 2 aromatic heterocycles. The van der Waals surface area contributed by atoms with Gasteiger partial charge in [-0.2, -0.15) is 0 Å². The van der Waals surface area contributed by atoms with Gasteiger partial charge < -0.3 is 5.32 Å². The average molecular weight is 421 g/mol. The van der Waals surface area contributed by atoms with Gasteiger partial charge >= 0.3 is 0 Å². The van der Waals surface area contributed by atoms with Gasteiger partial charge in [0.05, 0.1) is 26.0 Å². The van der Waals surface area contributed by atoms with Gasteiger partial charge in [0.1, 0.15) is 0 Å². The third kappa shape index (κ3) is 3.91. The van der Waals surface area contributed by atoms with Gasteiger partial charge in [-0.3, -0.25) is 4.79 Å². The number of pyridine rings is 1. The minimum absolute atomic E-state index is 0.122. The fourth-order valence-electron chi connectivity index (χ4n) is 3.53. The maximum atomic E-state index is 13.4. The van der Waals surface area contributed by atoms with Gasteiger partial charge in [0.15, 0.2) is 0 Å². The summed E-state index contributed by atoms with van der Waals surface area (Å²) in [6, 6.07) is 19.6. The van der Waals surface area contributed by atoms with Crippen molar-refractivity contribution in [2.75, 3.05) is 5.32 Å². The number of nitrogens with one attached hydrogen (secondary N) is 1. The van der Waals surface area contributed by atoms with E-state index < -0.39 is 0 Å². The summed E-state index contributed by atoms with van der Waals surface area (Å²) in [5.74, 6) is -0.122. The molecule has 0 radical (unpaired) electrons. The summed E-state index contributed by atoms with van der Waals surface area (Å²) in [7, 11) is 0. The highest BCUT2D eigenvalue weighted by Crippen LogP contribution is 2.33. The molecule has 4 rings (SSSR count). The van der Waals surface area contributed by atoms with Crippen molar-refractivity contribution in [2.24, 2.45) is 0 Å². The highest BCUT2D eigenvalue weighted by atomic mass is 35.5. The van der Waals surface area contributed by atoms with Gasteiger partial charge in [-0.15, -0.1) is 11.3 Å². The summed E-state index contributed by atoms with van der Waals surface area (Å²) < 4.78 is 0.699. The molecule has 2 aromatic carbocycles. The largest absolute Gasteiger partial charge is 0.321 e. The maximum absolute atomic E-state index is 13.4. The number of carbonyl (C=O) groups is 1. The predicted molar refractivity (Wildman–Crippen MR) is 123 cm³/mol. The lowest BCUT2D eigenvalue weighted by Crippen LogP contribution is -2.15. The SMILES string of the molecule is CCc1cccc(CC)c1NC(=O)c1cc(-c2ccc(Cl)s2)nc2ccccc12. The molecule has 0 aliphatic carbocycles. The monoisotopic (exact) mass is 420 g/mol. The molecule has 29 heavy (non-hydrogen) atoms. The number of para-hydroxylation sites is 2. The number of aryl methyl sites for hydroxylation is 2. The summed E-state index contributed by atoms with van der Waals surface area (Å²) in [6.45, 7) is 4.20.